The van der Waals surface area contributed by atoms with E-state index in [1.54, 1.807) is 0 Å². The monoisotopic (exact) mass is 388 g/mol. The van der Waals surface area contributed by atoms with Crippen LogP contribution in [0.5, 0.6) is 5.88 Å². The second-order valence-electron chi connectivity index (χ2n) is 5.68. The van der Waals surface area contributed by atoms with Gasteiger partial charge in [0.2, 0.25) is 15.9 Å². The van der Waals surface area contributed by atoms with Crippen LogP contribution in [0.4, 0.5) is 5.69 Å². The lowest BCUT2D eigenvalue weighted by atomic mass is 10.2. The van der Waals surface area contributed by atoms with Gasteiger partial charge in [0.15, 0.2) is 0 Å². The first-order valence-electron chi connectivity index (χ1n) is 7.83. The van der Waals surface area contributed by atoms with E-state index in [4.69, 9.17) is 10.2 Å². The van der Waals surface area contributed by atoms with Crippen molar-refractivity contribution in [2.24, 2.45) is 10.1 Å². The summed E-state index contributed by atoms with van der Waals surface area (Å²) in [6.07, 6.45) is 2.60. The van der Waals surface area contributed by atoms with Crippen LogP contribution in [0.15, 0.2) is 46.4 Å². The van der Waals surface area contributed by atoms with Crippen LogP contribution < -0.4 is 5.14 Å². The fourth-order valence-corrected chi connectivity index (χ4v) is 3.16. The minimum atomic E-state index is -3.79. The summed E-state index contributed by atoms with van der Waals surface area (Å²) in [6.45, 7) is 2.25. The van der Waals surface area contributed by atoms with Gasteiger partial charge in [-0.15, -0.1) is 0 Å². The number of primary sulfonamides is 1. The molecule has 0 fully saturated rings. The van der Waals surface area contributed by atoms with Crippen molar-refractivity contribution in [2.45, 2.75) is 18.4 Å². The van der Waals surface area contributed by atoms with Crippen LogP contribution >= 0.6 is 0 Å². The highest BCUT2D eigenvalue weighted by molar-refractivity contribution is 7.89. The predicted molar refractivity (Wildman–Crippen MR) is 99.1 cm³/mol. The van der Waals surface area contributed by atoms with Gasteiger partial charge in [-0.3, -0.25) is 9.56 Å². The third-order valence-electron chi connectivity index (χ3n) is 3.98. The Morgan fingerprint density at radius 3 is 2.56 bits per heavy atom. The maximum atomic E-state index is 11.3. The number of aryl methyl sites for hydroxylation is 1. The Morgan fingerprint density at radius 1 is 1.33 bits per heavy atom. The molecular formula is C17H16N4O5S. The van der Waals surface area contributed by atoms with E-state index in [0.717, 1.165) is 0 Å². The van der Waals surface area contributed by atoms with Crippen LogP contribution in [0.25, 0.3) is 11.0 Å². The molecule has 0 unspecified atom stereocenters. The summed E-state index contributed by atoms with van der Waals surface area (Å²) in [7, 11) is -3.79. The van der Waals surface area contributed by atoms with Gasteiger partial charge in [0, 0.05) is 24.3 Å². The zero-order valence-corrected chi connectivity index (χ0v) is 15.0. The molecular weight excluding hydrogens is 372 g/mol. The van der Waals surface area contributed by atoms with Crippen molar-refractivity contribution < 1.29 is 23.4 Å². The lowest BCUT2D eigenvalue weighted by Crippen LogP contribution is -2.11. The molecule has 9 nitrogen and oxygen atoms in total. The standard InChI is InChI=1S/C17H16N4O5S/c1-2-21-15-13(7-10(8-20-15)17(23)24)14(16(21)22)9-19-11-3-5-12(6-4-11)27(18,25)26/h3-9,22H,2H2,1H3,(H,23,24)(H2,18,25,26). The van der Waals surface area contributed by atoms with E-state index in [-0.39, 0.29) is 16.3 Å². The van der Waals surface area contributed by atoms with E-state index in [2.05, 4.69) is 9.98 Å². The number of aromatic nitrogens is 2. The molecule has 0 aliphatic carbocycles. The Hall–Kier alpha value is -3.24. The summed E-state index contributed by atoms with van der Waals surface area (Å²) >= 11 is 0. The van der Waals surface area contributed by atoms with E-state index in [1.165, 1.54) is 47.3 Å². The number of carboxylic acids is 1. The van der Waals surface area contributed by atoms with Crippen LogP contribution in [0, 0.1) is 0 Å². The molecule has 0 aliphatic heterocycles. The van der Waals surface area contributed by atoms with Gasteiger partial charge in [0.25, 0.3) is 0 Å². The van der Waals surface area contributed by atoms with Gasteiger partial charge in [0.05, 0.1) is 21.7 Å². The molecule has 0 radical (unpaired) electrons. The lowest BCUT2D eigenvalue weighted by Gasteiger charge is -2.01. The molecule has 3 rings (SSSR count). The lowest BCUT2D eigenvalue weighted by molar-refractivity contribution is 0.0696. The number of aliphatic imine (C=N–C) groups is 1. The molecule has 0 bridgehead atoms. The number of pyridine rings is 1. The highest BCUT2D eigenvalue weighted by Crippen LogP contribution is 2.30. The van der Waals surface area contributed by atoms with Crippen LogP contribution in [0.3, 0.4) is 0 Å². The molecule has 0 saturated carbocycles. The molecule has 2 heterocycles. The maximum Gasteiger partial charge on any atom is 0.337 e. The van der Waals surface area contributed by atoms with Gasteiger partial charge in [-0.2, -0.15) is 0 Å². The van der Waals surface area contributed by atoms with Crippen LogP contribution in [0.2, 0.25) is 0 Å². The van der Waals surface area contributed by atoms with Gasteiger partial charge in [-0.25, -0.2) is 23.3 Å². The molecule has 2 aromatic heterocycles. The molecule has 4 N–H and O–H groups in total. The highest BCUT2D eigenvalue weighted by atomic mass is 32.2. The minimum Gasteiger partial charge on any atom is -0.494 e. The van der Waals surface area contributed by atoms with Crippen molar-refractivity contribution in [2.75, 3.05) is 0 Å². The predicted octanol–water partition coefficient (Wildman–Crippen LogP) is 1.86. The fourth-order valence-electron chi connectivity index (χ4n) is 2.64. The summed E-state index contributed by atoms with van der Waals surface area (Å²) < 4.78 is 24.1. The second kappa shape index (κ2) is 6.82. The topological polar surface area (TPSA) is 148 Å². The van der Waals surface area contributed by atoms with E-state index in [9.17, 15) is 18.3 Å². The number of nitrogens with two attached hydrogens (primary N) is 1. The van der Waals surface area contributed by atoms with E-state index < -0.39 is 16.0 Å². The molecule has 0 saturated heterocycles. The highest BCUT2D eigenvalue weighted by Gasteiger charge is 2.17. The number of aromatic hydroxyl groups is 1. The van der Waals surface area contributed by atoms with Gasteiger partial charge < -0.3 is 10.2 Å². The average molecular weight is 388 g/mol. The number of hydrogen-bond donors (Lipinski definition) is 3. The van der Waals surface area contributed by atoms with Crippen molar-refractivity contribution in [3.05, 3.63) is 47.7 Å². The van der Waals surface area contributed by atoms with Crippen molar-refractivity contribution in [3.63, 3.8) is 0 Å². The maximum absolute atomic E-state index is 11.3. The summed E-state index contributed by atoms with van der Waals surface area (Å²) in [5.74, 6) is -1.22. The molecule has 1 aromatic carbocycles. The minimum absolute atomic E-state index is 0.0112. The number of aromatic carboxylic acids is 1. The zero-order chi connectivity index (χ0) is 19.8. The molecule has 140 valence electrons. The van der Waals surface area contributed by atoms with E-state index >= 15 is 0 Å². The van der Waals surface area contributed by atoms with Gasteiger partial charge in [-0.1, -0.05) is 0 Å². The van der Waals surface area contributed by atoms with Crippen molar-refractivity contribution in [3.8, 4) is 5.88 Å². The summed E-state index contributed by atoms with van der Waals surface area (Å²) in [5, 5.41) is 25.1. The number of nitrogens with zero attached hydrogens (tertiary/aromatic N) is 3. The third-order valence-corrected chi connectivity index (χ3v) is 4.91. The molecule has 0 amide bonds. The van der Waals surface area contributed by atoms with Crippen molar-refractivity contribution in [1.82, 2.24) is 9.55 Å². The largest absolute Gasteiger partial charge is 0.494 e. The molecule has 0 spiro atoms. The van der Waals surface area contributed by atoms with Gasteiger partial charge in [0.1, 0.15) is 5.65 Å². The SMILES string of the molecule is CCn1c(O)c(C=Nc2ccc(S(N)(=O)=O)cc2)c2cc(C(=O)O)cnc21. The first-order valence-corrected chi connectivity index (χ1v) is 9.38. The summed E-state index contributed by atoms with van der Waals surface area (Å²) in [5.41, 5.74) is 1.17. The Labute approximate surface area is 154 Å². The third kappa shape index (κ3) is 3.52. The average Bonchev–Trinajstić information content (AvgIpc) is 2.89. The van der Waals surface area contributed by atoms with Gasteiger partial charge >= 0.3 is 5.97 Å². The van der Waals surface area contributed by atoms with Crippen LogP contribution in [0.1, 0.15) is 22.8 Å². The Bertz CT molecular complexity index is 1160. The Kier molecular flexibility index (Phi) is 4.68. The fraction of sp³-hybridized carbons (Fsp3) is 0.118. The Morgan fingerprint density at radius 2 is 2.00 bits per heavy atom. The molecule has 0 aliphatic rings. The smallest absolute Gasteiger partial charge is 0.337 e. The number of carbonyl (C=O) groups is 1. The molecule has 10 heteroatoms. The first-order chi connectivity index (χ1) is 12.7. The summed E-state index contributed by atoms with van der Waals surface area (Å²) in [6, 6.07) is 6.99. The van der Waals surface area contributed by atoms with Crippen LogP contribution in [-0.4, -0.2) is 40.4 Å². The normalized spacial score (nSPS) is 12.1. The number of fused-ring (bicyclic) bond motifs is 1. The van der Waals surface area contributed by atoms with E-state index in [0.29, 0.717) is 28.8 Å². The number of rotatable bonds is 5. The quantitative estimate of drug-likeness (QED) is 0.568. The van der Waals surface area contributed by atoms with Gasteiger partial charge in [-0.05, 0) is 37.3 Å². The number of benzene rings is 1. The Balaban J connectivity index is 2.08. The zero-order valence-electron chi connectivity index (χ0n) is 14.2. The second-order valence-corrected chi connectivity index (χ2v) is 7.24. The summed E-state index contributed by atoms with van der Waals surface area (Å²) in [4.78, 5) is 19.5. The molecule has 27 heavy (non-hydrogen) atoms. The van der Waals surface area contributed by atoms with Crippen molar-refractivity contribution >= 4 is 38.9 Å². The number of hydrogen-bond acceptors (Lipinski definition) is 6. The number of carboxylic acid groups (broad SMARTS) is 1. The number of sulfonamides is 1. The van der Waals surface area contributed by atoms with E-state index in [1.807, 2.05) is 6.92 Å². The van der Waals surface area contributed by atoms with Crippen molar-refractivity contribution in [1.29, 1.82) is 0 Å². The van der Waals surface area contributed by atoms with Crippen LogP contribution in [-0.2, 0) is 16.6 Å². The molecule has 0 atom stereocenters. The first kappa shape index (κ1) is 18.5. The molecule has 3 aromatic rings.